The minimum Gasteiger partial charge on any atom is -0.392 e. The van der Waals surface area contributed by atoms with Crippen LogP contribution in [0.15, 0.2) is 0 Å². The van der Waals surface area contributed by atoms with Gasteiger partial charge in [0.25, 0.3) is 0 Å². The minimum atomic E-state index is -0.645. The van der Waals surface area contributed by atoms with Crippen LogP contribution in [-0.4, -0.2) is 55.3 Å². The number of nitrogens with zero attached hydrogens (tertiary/aromatic N) is 1. The third-order valence-corrected chi connectivity index (χ3v) is 4.44. The van der Waals surface area contributed by atoms with Crippen LogP contribution in [0, 0.1) is 5.41 Å². The van der Waals surface area contributed by atoms with Gasteiger partial charge in [-0.3, -0.25) is 4.79 Å². The van der Waals surface area contributed by atoms with Crippen molar-refractivity contribution in [1.82, 2.24) is 4.90 Å². The molecule has 1 aliphatic rings. The monoisotopic (exact) mass is 316 g/mol. The van der Waals surface area contributed by atoms with Gasteiger partial charge in [-0.05, 0) is 26.7 Å². The summed E-state index contributed by atoms with van der Waals surface area (Å²) in [5, 5.41) is 0. The Hall–Kier alpha value is -0.720. The van der Waals surface area contributed by atoms with E-state index < -0.39 is 5.41 Å². The summed E-state index contributed by atoms with van der Waals surface area (Å²) in [5.74, 6) is 0.0481. The molecule has 0 aromatic rings. The highest BCUT2D eigenvalue weighted by atomic mass is 32.1. The van der Waals surface area contributed by atoms with Crippen LogP contribution in [0.3, 0.4) is 0 Å². The third-order valence-electron chi connectivity index (χ3n) is 4.04. The van der Waals surface area contributed by atoms with Gasteiger partial charge in [-0.2, -0.15) is 0 Å². The maximum atomic E-state index is 12.9. The van der Waals surface area contributed by atoms with E-state index in [0.29, 0.717) is 44.5 Å². The van der Waals surface area contributed by atoms with E-state index in [1.165, 1.54) is 0 Å². The van der Waals surface area contributed by atoms with Crippen molar-refractivity contribution in [2.75, 3.05) is 39.5 Å². The number of nitrogens with two attached hydrogens (primary N) is 1. The summed E-state index contributed by atoms with van der Waals surface area (Å²) < 4.78 is 10.8. The van der Waals surface area contributed by atoms with Crippen LogP contribution in [-0.2, 0) is 14.3 Å². The number of amides is 1. The van der Waals surface area contributed by atoms with Crippen molar-refractivity contribution in [3.8, 4) is 0 Å². The molecule has 0 aromatic carbocycles. The van der Waals surface area contributed by atoms with Crippen molar-refractivity contribution in [2.45, 2.75) is 39.5 Å². The smallest absolute Gasteiger partial charge is 0.235 e. The zero-order valence-corrected chi connectivity index (χ0v) is 14.0. The lowest BCUT2D eigenvalue weighted by atomic mass is 9.84. The van der Waals surface area contributed by atoms with Gasteiger partial charge in [0.2, 0.25) is 5.91 Å². The Labute approximate surface area is 133 Å². The number of carbonyl (C=O) groups excluding carboxylic acids is 1. The normalized spacial score (nSPS) is 16.9. The number of rotatable bonds is 10. The first kappa shape index (κ1) is 18.3. The van der Waals surface area contributed by atoms with Crippen molar-refractivity contribution in [3.63, 3.8) is 0 Å². The molecule has 0 spiro atoms. The summed E-state index contributed by atoms with van der Waals surface area (Å²) >= 11 is 5.20. The molecule has 0 radical (unpaired) electrons. The maximum absolute atomic E-state index is 12.9. The predicted molar refractivity (Wildman–Crippen MR) is 87.3 cm³/mol. The van der Waals surface area contributed by atoms with Gasteiger partial charge in [0.1, 0.15) is 0 Å². The van der Waals surface area contributed by atoms with Gasteiger partial charge in [-0.25, -0.2) is 0 Å². The number of carbonyl (C=O) groups is 1. The molecular weight excluding hydrogens is 288 g/mol. The SMILES string of the molecule is CCOCCN(CCOCC)C(=O)C1(C(N)=S)CCCC1. The fourth-order valence-corrected chi connectivity index (χ4v) is 3.09. The predicted octanol–water partition coefficient (Wildman–Crippen LogP) is 1.73. The molecule has 6 heteroatoms. The summed E-state index contributed by atoms with van der Waals surface area (Å²) in [6, 6.07) is 0. The molecule has 1 rings (SSSR count). The molecular formula is C15H28N2O3S. The van der Waals surface area contributed by atoms with Crippen molar-refractivity contribution in [1.29, 1.82) is 0 Å². The fraction of sp³-hybridized carbons (Fsp3) is 0.867. The Bertz CT molecular complexity index is 334. The van der Waals surface area contributed by atoms with Crippen LogP contribution in [0.25, 0.3) is 0 Å². The first-order valence-corrected chi connectivity index (χ1v) is 8.24. The number of ether oxygens (including phenoxy) is 2. The molecule has 2 N–H and O–H groups in total. The number of thiocarbonyl (C=S) groups is 1. The minimum absolute atomic E-state index is 0.0481. The lowest BCUT2D eigenvalue weighted by Gasteiger charge is -2.33. The quantitative estimate of drug-likeness (QED) is 0.491. The zero-order chi connectivity index (χ0) is 15.7. The van der Waals surface area contributed by atoms with Crippen LogP contribution in [0.1, 0.15) is 39.5 Å². The first-order chi connectivity index (χ1) is 10.1. The summed E-state index contributed by atoms with van der Waals surface area (Å²) in [5.41, 5.74) is 5.26. The largest absolute Gasteiger partial charge is 0.392 e. The molecule has 21 heavy (non-hydrogen) atoms. The maximum Gasteiger partial charge on any atom is 0.235 e. The average molecular weight is 316 g/mol. The molecule has 122 valence electrons. The summed E-state index contributed by atoms with van der Waals surface area (Å²) in [7, 11) is 0. The highest BCUT2D eigenvalue weighted by molar-refractivity contribution is 7.80. The number of hydrogen-bond donors (Lipinski definition) is 1. The zero-order valence-electron chi connectivity index (χ0n) is 13.2. The molecule has 0 aliphatic heterocycles. The first-order valence-electron chi connectivity index (χ1n) is 7.83. The van der Waals surface area contributed by atoms with Crippen LogP contribution < -0.4 is 5.73 Å². The molecule has 1 fully saturated rings. The molecule has 1 amide bonds. The van der Waals surface area contributed by atoms with Gasteiger partial charge in [0, 0.05) is 26.3 Å². The number of hydrogen-bond acceptors (Lipinski definition) is 4. The Balaban J connectivity index is 2.73. The third kappa shape index (κ3) is 4.90. The molecule has 0 atom stereocenters. The summed E-state index contributed by atoms with van der Waals surface area (Å²) in [6.07, 6.45) is 3.55. The summed E-state index contributed by atoms with van der Waals surface area (Å²) in [4.78, 5) is 15.1. The topological polar surface area (TPSA) is 64.8 Å². The van der Waals surface area contributed by atoms with E-state index in [1.807, 2.05) is 13.8 Å². The molecule has 0 saturated heterocycles. The van der Waals surface area contributed by atoms with E-state index in [1.54, 1.807) is 4.90 Å². The van der Waals surface area contributed by atoms with Crippen molar-refractivity contribution < 1.29 is 14.3 Å². The van der Waals surface area contributed by atoms with E-state index in [-0.39, 0.29) is 5.91 Å². The second-order valence-electron chi connectivity index (χ2n) is 5.34. The van der Waals surface area contributed by atoms with Crippen molar-refractivity contribution in [2.24, 2.45) is 11.1 Å². The Morgan fingerprint density at radius 2 is 1.62 bits per heavy atom. The van der Waals surface area contributed by atoms with Crippen LogP contribution in [0.5, 0.6) is 0 Å². The second-order valence-corrected chi connectivity index (χ2v) is 5.78. The van der Waals surface area contributed by atoms with Gasteiger partial charge < -0.3 is 20.1 Å². The van der Waals surface area contributed by atoms with E-state index in [4.69, 9.17) is 27.4 Å². The van der Waals surface area contributed by atoms with E-state index in [2.05, 4.69) is 0 Å². The summed E-state index contributed by atoms with van der Waals surface area (Å²) in [6.45, 7) is 7.36. The Morgan fingerprint density at radius 3 is 2.00 bits per heavy atom. The molecule has 1 aliphatic carbocycles. The van der Waals surface area contributed by atoms with Gasteiger partial charge in [0.05, 0.1) is 23.6 Å². The van der Waals surface area contributed by atoms with Crippen molar-refractivity contribution in [3.05, 3.63) is 0 Å². The molecule has 1 saturated carbocycles. The van der Waals surface area contributed by atoms with Crippen LogP contribution in [0.2, 0.25) is 0 Å². The molecule has 0 heterocycles. The van der Waals surface area contributed by atoms with E-state index in [0.717, 1.165) is 25.7 Å². The highest BCUT2D eigenvalue weighted by Crippen LogP contribution is 2.40. The van der Waals surface area contributed by atoms with Gasteiger partial charge >= 0.3 is 0 Å². The van der Waals surface area contributed by atoms with E-state index >= 15 is 0 Å². The molecule has 0 aromatic heterocycles. The highest BCUT2D eigenvalue weighted by Gasteiger charge is 2.45. The van der Waals surface area contributed by atoms with Gasteiger partial charge in [-0.1, -0.05) is 25.1 Å². The van der Waals surface area contributed by atoms with Gasteiger partial charge in [0.15, 0.2) is 0 Å². The second kappa shape index (κ2) is 9.33. The Kier molecular flexibility index (Phi) is 8.14. The molecule has 5 nitrogen and oxygen atoms in total. The standard InChI is InChI=1S/C15H28N2O3S/c1-3-19-11-9-17(10-12-20-4-2)14(18)15(13(16)21)7-5-6-8-15/h3-12H2,1-2H3,(H2,16,21). The van der Waals surface area contributed by atoms with Crippen LogP contribution >= 0.6 is 12.2 Å². The molecule has 0 bridgehead atoms. The molecule has 0 unspecified atom stereocenters. The lowest BCUT2D eigenvalue weighted by molar-refractivity contribution is -0.139. The average Bonchev–Trinajstić information content (AvgIpc) is 2.96. The van der Waals surface area contributed by atoms with Crippen LogP contribution in [0.4, 0.5) is 0 Å². The van der Waals surface area contributed by atoms with Gasteiger partial charge in [-0.15, -0.1) is 0 Å². The Morgan fingerprint density at radius 1 is 1.14 bits per heavy atom. The van der Waals surface area contributed by atoms with Crippen molar-refractivity contribution >= 4 is 23.1 Å². The fourth-order valence-electron chi connectivity index (χ4n) is 2.80. The van der Waals surface area contributed by atoms with E-state index in [9.17, 15) is 4.79 Å². The lowest BCUT2D eigenvalue weighted by Crippen LogP contribution is -2.51.